The molecule has 1 aromatic heterocycles. The number of likely N-dealkylation sites (tertiary alicyclic amines) is 1. The molecule has 8 nitrogen and oxygen atoms in total. The summed E-state index contributed by atoms with van der Waals surface area (Å²) in [5.41, 5.74) is -0.0395. The molecule has 1 N–H and O–H groups in total. The van der Waals surface area contributed by atoms with Crippen molar-refractivity contribution in [3.8, 4) is 0 Å². The van der Waals surface area contributed by atoms with E-state index in [0.717, 1.165) is 6.42 Å². The van der Waals surface area contributed by atoms with Gasteiger partial charge in [0.05, 0.1) is 13.2 Å². The van der Waals surface area contributed by atoms with Gasteiger partial charge in [-0.05, 0) is 33.6 Å². The number of amides is 1. The summed E-state index contributed by atoms with van der Waals surface area (Å²) in [6.07, 6.45) is 1.11. The van der Waals surface area contributed by atoms with E-state index in [9.17, 15) is 9.59 Å². The van der Waals surface area contributed by atoms with Crippen molar-refractivity contribution in [3.63, 3.8) is 0 Å². The summed E-state index contributed by atoms with van der Waals surface area (Å²) in [6, 6.07) is -0.326. The summed E-state index contributed by atoms with van der Waals surface area (Å²) >= 11 is 0. The molecule has 1 unspecified atom stereocenters. The SMILES string of the molecule is COC(=O)c1n[nH]nc1C1CCCN1C(=O)OC(C)(C)C. The van der Waals surface area contributed by atoms with E-state index in [1.54, 1.807) is 4.90 Å². The number of methoxy groups -OCH3 is 1. The van der Waals surface area contributed by atoms with Crippen molar-refractivity contribution in [2.45, 2.75) is 45.3 Å². The van der Waals surface area contributed by atoms with Crippen LogP contribution in [0.15, 0.2) is 0 Å². The minimum absolute atomic E-state index is 0.109. The third kappa shape index (κ3) is 3.32. The standard InChI is InChI=1S/C13H20N4O4/c1-13(2,3)21-12(19)17-7-5-6-8(17)9-10(11(18)20-4)15-16-14-9/h8H,5-7H2,1-4H3,(H,14,15,16). The molecule has 2 rings (SSSR count). The molecule has 2 heterocycles. The molecular weight excluding hydrogens is 276 g/mol. The van der Waals surface area contributed by atoms with Gasteiger partial charge in [-0.1, -0.05) is 0 Å². The van der Waals surface area contributed by atoms with Crippen molar-refractivity contribution in [2.75, 3.05) is 13.7 Å². The predicted molar refractivity (Wildman–Crippen MR) is 72.6 cm³/mol. The summed E-state index contributed by atoms with van der Waals surface area (Å²) in [6.45, 7) is 6.00. The smallest absolute Gasteiger partial charge is 0.410 e. The quantitative estimate of drug-likeness (QED) is 0.834. The van der Waals surface area contributed by atoms with Crippen LogP contribution < -0.4 is 0 Å². The number of nitrogens with one attached hydrogen (secondary N) is 1. The maximum Gasteiger partial charge on any atom is 0.410 e. The van der Waals surface area contributed by atoms with E-state index in [2.05, 4.69) is 20.1 Å². The highest BCUT2D eigenvalue weighted by molar-refractivity contribution is 5.88. The van der Waals surface area contributed by atoms with E-state index in [1.807, 2.05) is 20.8 Å². The number of carbonyl (C=O) groups excluding carboxylic acids is 2. The van der Waals surface area contributed by atoms with Crippen LogP contribution in [-0.4, -0.2) is 51.6 Å². The second-order valence-electron chi connectivity index (χ2n) is 5.88. The number of hydrogen-bond acceptors (Lipinski definition) is 6. The minimum atomic E-state index is -0.574. The highest BCUT2D eigenvalue weighted by Crippen LogP contribution is 2.33. The van der Waals surface area contributed by atoms with E-state index in [0.29, 0.717) is 18.7 Å². The van der Waals surface area contributed by atoms with E-state index >= 15 is 0 Å². The Labute approximate surface area is 122 Å². The van der Waals surface area contributed by atoms with E-state index in [-0.39, 0.29) is 11.7 Å². The highest BCUT2D eigenvalue weighted by Gasteiger charge is 2.37. The fourth-order valence-corrected chi connectivity index (χ4v) is 2.31. The van der Waals surface area contributed by atoms with Crippen molar-refractivity contribution < 1.29 is 19.1 Å². The maximum atomic E-state index is 12.2. The van der Waals surface area contributed by atoms with Crippen LogP contribution in [0.1, 0.15) is 55.8 Å². The van der Waals surface area contributed by atoms with Crippen LogP contribution in [0.3, 0.4) is 0 Å². The summed E-state index contributed by atoms with van der Waals surface area (Å²) in [7, 11) is 1.28. The van der Waals surface area contributed by atoms with E-state index < -0.39 is 17.7 Å². The lowest BCUT2D eigenvalue weighted by Crippen LogP contribution is -2.36. The average molecular weight is 296 g/mol. The second-order valence-corrected chi connectivity index (χ2v) is 5.88. The number of rotatable bonds is 2. The van der Waals surface area contributed by atoms with Crippen LogP contribution in [0, 0.1) is 0 Å². The molecule has 1 atom stereocenters. The Morgan fingerprint density at radius 3 is 2.67 bits per heavy atom. The second kappa shape index (κ2) is 5.71. The van der Waals surface area contributed by atoms with Crippen LogP contribution in [-0.2, 0) is 9.47 Å². The zero-order valence-electron chi connectivity index (χ0n) is 12.7. The first-order chi connectivity index (χ1) is 9.83. The van der Waals surface area contributed by atoms with Gasteiger partial charge in [-0.15, -0.1) is 5.10 Å². The van der Waals surface area contributed by atoms with Gasteiger partial charge in [0.25, 0.3) is 0 Å². The van der Waals surface area contributed by atoms with Gasteiger partial charge in [0.2, 0.25) is 0 Å². The Balaban J connectivity index is 2.21. The van der Waals surface area contributed by atoms with E-state index in [1.165, 1.54) is 7.11 Å². The summed E-state index contributed by atoms with van der Waals surface area (Å²) in [4.78, 5) is 25.5. The highest BCUT2D eigenvalue weighted by atomic mass is 16.6. The van der Waals surface area contributed by atoms with Gasteiger partial charge in [-0.3, -0.25) is 4.90 Å². The molecule has 1 aromatic rings. The topological polar surface area (TPSA) is 97.4 Å². The summed E-state index contributed by atoms with van der Waals surface area (Å²) in [5, 5.41) is 10.2. The number of aromatic nitrogens is 3. The van der Waals surface area contributed by atoms with Crippen molar-refractivity contribution in [1.82, 2.24) is 20.3 Å². The third-order valence-electron chi connectivity index (χ3n) is 3.15. The molecule has 21 heavy (non-hydrogen) atoms. The summed E-state index contributed by atoms with van der Waals surface area (Å²) < 4.78 is 10.1. The van der Waals surface area contributed by atoms with Gasteiger partial charge in [-0.2, -0.15) is 10.3 Å². The average Bonchev–Trinajstić information content (AvgIpc) is 3.03. The van der Waals surface area contributed by atoms with Crippen molar-refractivity contribution in [3.05, 3.63) is 11.4 Å². The molecule has 0 saturated carbocycles. The van der Waals surface area contributed by atoms with Crippen molar-refractivity contribution >= 4 is 12.1 Å². The van der Waals surface area contributed by atoms with Crippen LogP contribution >= 0.6 is 0 Å². The Morgan fingerprint density at radius 1 is 1.33 bits per heavy atom. The zero-order valence-corrected chi connectivity index (χ0v) is 12.7. The normalized spacial score (nSPS) is 18.7. The molecule has 1 saturated heterocycles. The molecule has 1 fully saturated rings. The molecule has 0 bridgehead atoms. The van der Waals surface area contributed by atoms with Crippen LogP contribution in [0.25, 0.3) is 0 Å². The van der Waals surface area contributed by atoms with Gasteiger partial charge < -0.3 is 9.47 Å². The fourth-order valence-electron chi connectivity index (χ4n) is 2.31. The first-order valence-corrected chi connectivity index (χ1v) is 6.82. The van der Waals surface area contributed by atoms with Crippen LogP contribution in [0.2, 0.25) is 0 Å². The largest absolute Gasteiger partial charge is 0.464 e. The summed E-state index contributed by atoms with van der Waals surface area (Å²) in [5.74, 6) is -0.574. The van der Waals surface area contributed by atoms with Gasteiger partial charge in [0.1, 0.15) is 11.3 Å². The molecule has 1 amide bonds. The lowest BCUT2D eigenvalue weighted by Gasteiger charge is -2.27. The van der Waals surface area contributed by atoms with Crippen LogP contribution in [0.4, 0.5) is 4.79 Å². The Hall–Kier alpha value is -2.12. The van der Waals surface area contributed by atoms with E-state index in [4.69, 9.17) is 4.74 Å². The third-order valence-corrected chi connectivity index (χ3v) is 3.15. The van der Waals surface area contributed by atoms with Gasteiger partial charge in [-0.25, -0.2) is 9.59 Å². The number of nitrogens with zero attached hydrogens (tertiary/aromatic N) is 3. The Bertz CT molecular complexity index is 535. The number of esters is 1. The first kappa shape index (κ1) is 15.3. The Morgan fingerprint density at radius 2 is 2.05 bits per heavy atom. The molecule has 0 aromatic carbocycles. The monoisotopic (exact) mass is 296 g/mol. The molecule has 0 spiro atoms. The molecule has 1 aliphatic heterocycles. The number of hydrogen-bond donors (Lipinski definition) is 1. The van der Waals surface area contributed by atoms with Gasteiger partial charge in [0.15, 0.2) is 5.69 Å². The zero-order chi connectivity index (χ0) is 15.6. The number of H-pyrrole nitrogens is 1. The van der Waals surface area contributed by atoms with Crippen LogP contribution in [0.5, 0.6) is 0 Å². The molecule has 116 valence electrons. The van der Waals surface area contributed by atoms with Gasteiger partial charge in [0, 0.05) is 6.54 Å². The molecule has 1 aliphatic rings. The number of aromatic amines is 1. The van der Waals surface area contributed by atoms with Gasteiger partial charge >= 0.3 is 12.1 Å². The minimum Gasteiger partial charge on any atom is -0.464 e. The first-order valence-electron chi connectivity index (χ1n) is 6.82. The lowest BCUT2D eigenvalue weighted by molar-refractivity contribution is 0.0218. The van der Waals surface area contributed by atoms with Crippen molar-refractivity contribution in [1.29, 1.82) is 0 Å². The molecule has 0 radical (unpaired) electrons. The maximum absolute atomic E-state index is 12.2. The fraction of sp³-hybridized carbons (Fsp3) is 0.692. The molecular formula is C13H20N4O4. The number of ether oxygens (including phenoxy) is 2. The van der Waals surface area contributed by atoms with Crippen molar-refractivity contribution in [2.24, 2.45) is 0 Å². The Kier molecular flexibility index (Phi) is 4.15. The number of carbonyl (C=O) groups is 2. The molecule has 8 heteroatoms. The predicted octanol–water partition coefficient (Wildman–Crippen LogP) is 1.66. The lowest BCUT2D eigenvalue weighted by atomic mass is 10.1. The molecule has 0 aliphatic carbocycles.